The van der Waals surface area contributed by atoms with Gasteiger partial charge >= 0.3 is 0 Å². The average Bonchev–Trinajstić information content (AvgIpc) is 3.61. The van der Waals surface area contributed by atoms with Gasteiger partial charge in [-0.2, -0.15) is 0 Å². The van der Waals surface area contributed by atoms with E-state index >= 15 is 0 Å². The smallest absolute Gasteiger partial charge is 0.258 e. The van der Waals surface area contributed by atoms with Crippen LogP contribution in [0.2, 0.25) is 0 Å². The first-order chi connectivity index (χ1) is 14.6. The Hall–Kier alpha value is -3.08. The van der Waals surface area contributed by atoms with Gasteiger partial charge in [0.2, 0.25) is 5.91 Å². The quantitative estimate of drug-likeness (QED) is 0.718. The van der Waals surface area contributed by atoms with E-state index in [4.69, 9.17) is 4.74 Å². The van der Waals surface area contributed by atoms with E-state index in [1.165, 1.54) is 11.1 Å². The lowest BCUT2D eigenvalue weighted by molar-refractivity contribution is -0.134. The van der Waals surface area contributed by atoms with Crippen molar-refractivity contribution < 1.29 is 14.3 Å². The zero-order valence-corrected chi connectivity index (χ0v) is 17.4. The summed E-state index contributed by atoms with van der Waals surface area (Å²) in [5.74, 6) is 0.877. The Morgan fingerprint density at radius 3 is 2.67 bits per heavy atom. The molecule has 1 atom stereocenters. The molecule has 1 N–H and O–H groups in total. The summed E-state index contributed by atoms with van der Waals surface area (Å²) >= 11 is 0. The Morgan fingerprint density at radius 1 is 1.20 bits per heavy atom. The van der Waals surface area contributed by atoms with Gasteiger partial charge in [0.15, 0.2) is 6.61 Å². The van der Waals surface area contributed by atoms with Crippen molar-refractivity contribution in [2.45, 2.75) is 32.2 Å². The number of fused-ring (bicyclic) bond motifs is 1. The molecule has 5 nitrogen and oxygen atoms in total. The zero-order valence-electron chi connectivity index (χ0n) is 17.4. The third kappa shape index (κ3) is 4.40. The highest BCUT2D eigenvalue weighted by Crippen LogP contribution is 2.41. The van der Waals surface area contributed by atoms with Crippen LogP contribution in [-0.2, 0) is 16.0 Å². The van der Waals surface area contributed by atoms with Crippen molar-refractivity contribution in [3.8, 4) is 5.75 Å². The van der Waals surface area contributed by atoms with E-state index in [2.05, 4.69) is 49.2 Å². The molecule has 0 radical (unpaired) electrons. The first-order valence-electron chi connectivity index (χ1n) is 10.6. The van der Waals surface area contributed by atoms with Crippen molar-refractivity contribution in [3.63, 3.8) is 0 Å². The second-order valence-corrected chi connectivity index (χ2v) is 8.11. The molecule has 2 aromatic carbocycles. The first kappa shape index (κ1) is 20.2. The van der Waals surface area contributed by atoms with Gasteiger partial charge in [-0.15, -0.1) is 6.58 Å². The number of nitrogens with one attached hydrogen (secondary N) is 1. The number of nitrogens with zero attached hydrogens (tertiary/aromatic N) is 1. The molecular formula is C25H28N2O3. The molecule has 30 heavy (non-hydrogen) atoms. The summed E-state index contributed by atoms with van der Waals surface area (Å²) in [6.07, 6.45) is 4.45. The number of rotatable bonds is 7. The van der Waals surface area contributed by atoms with Gasteiger partial charge in [-0.25, -0.2) is 0 Å². The Kier molecular flexibility index (Phi) is 5.88. The van der Waals surface area contributed by atoms with Crippen LogP contribution in [0.3, 0.4) is 0 Å². The Bertz CT molecular complexity index is 947. The van der Waals surface area contributed by atoms with Crippen LogP contribution in [0.4, 0.5) is 0 Å². The molecule has 4 rings (SSSR count). The standard InChI is InChI=1S/C25H28N2O3/c1-3-13-26-23(28)16-30-21-11-10-18-12-14-27(25(29)20-8-9-20)24(22(18)15-21)19-6-4-17(2)5-7-19/h3-7,10-11,15,20,24H,1,8-9,12-14,16H2,2H3,(H,26,28)/t24-/m0/s1. The van der Waals surface area contributed by atoms with Crippen LogP contribution in [0, 0.1) is 12.8 Å². The Labute approximate surface area is 177 Å². The zero-order chi connectivity index (χ0) is 21.1. The molecule has 1 fully saturated rings. The molecule has 1 heterocycles. The van der Waals surface area contributed by atoms with Crippen LogP contribution >= 0.6 is 0 Å². The highest BCUT2D eigenvalue weighted by atomic mass is 16.5. The van der Waals surface area contributed by atoms with Crippen LogP contribution in [0.15, 0.2) is 55.1 Å². The monoisotopic (exact) mass is 404 g/mol. The number of hydrogen-bond acceptors (Lipinski definition) is 3. The molecule has 0 unspecified atom stereocenters. The number of hydrogen-bond donors (Lipinski definition) is 1. The van der Waals surface area contributed by atoms with Gasteiger partial charge in [-0.05, 0) is 55.0 Å². The molecule has 5 heteroatoms. The maximum atomic E-state index is 13.1. The molecule has 0 saturated heterocycles. The molecule has 2 aliphatic rings. The minimum atomic E-state index is -0.187. The third-order valence-corrected chi connectivity index (χ3v) is 5.76. The largest absolute Gasteiger partial charge is 0.484 e. The predicted molar refractivity (Wildman–Crippen MR) is 116 cm³/mol. The number of ether oxygens (including phenoxy) is 1. The van der Waals surface area contributed by atoms with E-state index < -0.39 is 0 Å². The van der Waals surface area contributed by atoms with Crippen LogP contribution in [0.5, 0.6) is 5.75 Å². The number of benzene rings is 2. The minimum absolute atomic E-state index is 0.0491. The van der Waals surface area contributed by atoms with Crippen molar-refractivity contribution in [2.24, 2.45) is 5.92 Å². The highest BCUT2D eigenvalue weighted by Gasteiger charge is 2.39. The molecule has 156 valence electrons. The van der Waals surface area contributed by atoms with E-state index in [-0.39, 0.29) is 30.4 Å². The van der Waals surface area contributed by atoms with Crippen molar-refractivity contribution >= 4 is 11.8 Å². The SMILES string of the molecule is C=CCNC(=O)COc1ccc2c(c1)[C@H](c1ccc(C)cc1)N(C(=O)C1CC1)CC2. The Morgan fingerprint density at radius 2 is 1.97 bits per heavy atom. The lowest BCUT2D eigenvalue weighted by atomic mass is 9.87. The lowest BCUT2D eigenvalue weighted by Crippen LogP contribution is -2.41. The maximum absolute atomic E-state index is 13.1. The second-order valence-electron chi connectivity index (χ2n) is 8.11. The fraction of sp³-hybridized carbons (Fsp3) is 0.360. The number of aryl methyl sites for hydroxylation is 1. The van der Waals surface area contributed by atoms with Gasteiger partial charge < -0.3 is 15.0 Å². The third-order valence-electron chi connectivity index (χ3n) is 5.76. The average molecular weight is 405 g/mol. The van der Waals surface area contributed by atoms with Crippen LogP contribution in [0.1, 0.15) is 41.1 Å². The first-order valence-corrected chi connectivity index (χ1v) is 10.6. The number of carbonyl (C=O) groups excluding carboxylic acids is 2. The molecule has 0 spiro atoms. The normalized spacial score (nSPS) is 17.8. The van der Waals surface area contributed by atoms with E-state index in [1.54, 1.807) is 6.08 Å². The van der Waals surface area contributed by atoms with Gasteiger partial charge in [0.25, 0.3) is 5.91 Å². The van der Waals surface area contributed by atoms with E-state index in [1.807, 2.05) is 17.0 Å². The topological polar surface area (TPSA) is 58.6 Å². The van der Waals surface area contributed by atoms with Crippen molar-refractivity contribution in [1.82, 2.24) is 10.2 Å². The van der Waals surface area contributed by atoms with Crippen LogP contribution in [0.25, 0.3) is 0 Å². The van der Waals surface area contributed by atoms with Crippen molar-refractivity contribution in [3.05, 3.63) is 77.4 Å². The van der Waals surface area contributed by atoms with Crippen molar-refractivity contribution in [1.29, 1.82) is 0 Å². The Balaban J connectivity index is 1.63. The van der Waals surface area contributed by atoms with E-state index in [9.17, 15) is 9.59 Å². The van der Waals surface area contributed by atoms with Gasteiger partial charge in [0, 0.05) is 19.0 Å². The molecule has 2 aromatic rings. The summed E-state index contributed by atoms with van der Waals surface area (Å²) in [5, 5.41) is 2.71. The molecule has 0 aromatic heterocycles. The van der Waals surface area contributed by atoms with Gasteiger partial charge in [0.1, 0.15) is 5.75 Å². The van der Waals surface area contributed by atoms with Crippen molar-refractivity contribution in [2.75, 3.05) is 19.7 Å². The summed E-state index contributed by atoms with van der Waals surface area (Å²) in [6, 6.07) is 14.2. The summed E-state index contributed by atoms with van der Waals surface area (Å²) in [5.41, 5.74) is 4.61. The second kappa shape index (κ2) is 8.74. The van der Waals surface area contributed by atoms with E-state index in [0.29, 0.717) is 12.3 Å². The molecular weight excluding hydrogens is 376 g/mol. The summed E-state index contributed by atoms with van der Waals surface area (Å²) in [7, 11) is 0. The predicted octanol–water partition coefficient (Wildman–Crippen LogP) is 3.56. The summed E-state index contributed by atoms with van der Waals surface area (Å²) in [6.45, 7) is 6.75. The van der Waals surface area contributed by atoms with Gasteiger partial charge in [0.05, 0.1) is 6.04 Å². The lowest BCUT2D eigenvalue weighted by Gasteiger charge is -2.38. The minimum Gasteiger partial charge on any atom is -0.484 e. The highest BCUT2D eigenvalue weighted by molar-refractivity contribution is 5.82. The fourth-order valence-electron chi connectivity index (χ4n) is 3.98. The molecule has 1 aliphatic carbocycles. The molecule has 2 amide bonds. The fourth-order valence-corrected chi connectivity index (χ4v) is 3.98. The molecule has 1 saturated carbocycles. The number of amides is 2. The summed E-state index contributed by atoms with van der Waals surface area (Å²) < 4.78 is 5.74. The van der Waals surface area contributed by atoms with E-state index in [0.717, 1.165) is 36.9 Å². The van der Waals surface area contributed by atoms with Gasteiger partial charge in [-0.1, -0.05) is 42.0 Å². The van der Waals surface area contributed by atoms with Gasteiger partial charge in [-0.3, -0.25) is 9.59 Å². The summed E-state index contributed by atoms with van der Waals surface area (Å²) in [4.78, 5) is 27.0. The maximum Gasteiger partial charge on any atom is 0.258 e. The van der Waals surface area contributed by atoms with Crippen LogP contribution < -0.4 is 10.1 Å². The number of carbonyl (C=O) groups is 2. The van der Waals surface area contributed by atoms with Crippen LogP contribution in [-0.4, -0.2) is 36.4 Å². The molecule has 0 bridgehead atoms. The molecule has 1 aliphatic heterocycles.